The number of benzene rings is 1. The van der Waals surface area contributed by atoms with Gasteiger partial charge in [-0.25, -0.2) is 9.59 Å². The Balaban J connectivity index is 2.40. The highest BCUT2D eigenvalue weighted by molar-refractivity contribution is 6.32. The van der Waals surface area contributed by atoms with Crippen LogP contribution in [0.15, 0.2) is 23.9 Å². The first-order chi connectivity index (χ1) is 11.0. The molecule has 1 aliphatic carbocycles. The predicted molar refractivity (Wildman–Crippen MR) is 85.7 cm³/mol. The zero-order valence-corrected chi connectivity index (χ0v) is 13.9. The van der Waals surface area contributed by atoms with Gasteiger partial charge in [0.2, 0.25) is 0 Å². The average molecular weight is 340 g/mol. The highest BCUT2D eigenvalue weighted by atomic mass is 35.5. The Bertz CT molecular complexity index is 652. The molecular weight excluding hydrogens is 322 g/mol. The zero-order valence-electron chi connectivity index (χ0n) is 13.1. The number of methoxy groups -OCH3 is 3. The normalized spacial score (nSPS) is 14.2. The number of hydrogen-bond acceptors (Lipinski definition) is 6. The topological polar surface area (TPSA) is 73.9 Å². The Morgan fingerprint density at radius 1 is 1.22 bits per heavy atom. The van der Waals surface area contributed by atoms with Gasteiger partial charge in [-0.15, -0.1) is 0 Å². The number of carbonyl (C=O) groups excluding carboxylic acids is 2. The van der Waals surface area contributed by atoms with Crippen LogP contribution in [0, 0.1) is 0 Å². The monoisotopic (exact) mass is 339 g/mol. The van der Waals surface area contributed by atoms with Gasteiger partial charge in [-0.3, -0.25) is 0 Å². The maximum absolute atomic E-state index is 11.9. The number of hydrogen-bond donors (Lipinski definition) is 1. The number of halogens is 1. The minimum Gasteiger partial charge on any atom is -0.495 e. The first-order valence-corrected chi connectivity index (χ1v) is 7.40. The van der Waals surface area contributed by atoms with Crippen molar-refractivity contribution >= 4 is 29.2 Å². The summed E-state index contributed by atoms with van der Waals surface area (Å²) in [5.74, 6) is -0.489. The third-order valence-electron chi connectivity index (χ3n) is 3.48. The second-order valence-electron chi connectivity index (χ2n) is 5.05. The number of rotatable bonds is 6. The fourth-order valence-electron chi connectivity index (χ4n) is 2.14. The highest BCUT2D eigenvalue weighted by Gasteiger charge is 2.28. The molecule has 6 nitrogen and oxygen atoms in total. The lowest BCUT2D eigenvalue weighted by Gasteiger charge is -2.15. The summed E-state index contributed by atoms with van der Waals surface area (Å²) in [6.45, 7) is 0. The van der Waals surface area contributed by atoms with Crippen LogP contribution in [-0.2, 0) is 19.1 Å². The number of esters is 2. The Morgan fingerprint density at radius 3 is 2.43 bits per heavy atom. The summed E-state index contributed by atoms with van der Waals surface area (Å²) >= 11 is 6.17. The molecular formula is C16H18ClNO5. The molecule has 0 aromatic heterocycles. The van der Waals surface area contributed by atoms with Crippen molar-refractivity contribution in [3.05, 3.63) is 34.5 Å². The number of nitrogens with one attached hydrogen (secondary N) is 1. The molecule has 1 saturated carbocycles. The van der Waals surface area contributed by atoms with Crippen LogP contribution >= 0.6 is 11.6 Å². The molecule has 2 rings (SSSR count). The van der Waals surface area contributed by atoms with Crippen molar-refractivity contribution in [1.29, 1.82) is 0 Å². The van der Waals surface area contributed by atoms with E-state index in [1.165, 1.54) is 21.3 Å². The first kappa shape index (κ1) is 17.1. The molecule has 1 fully saturated rings. The molecule has 0 atom stereocenters. The summed E-state index contributed by atoms with van der Waals surface area (Å²) in [5, 5.41) is 3.43. The van der Waals surface area contributed by atoms with Crippen LogP contribution < -0.4 is 10.1 Å². The molecule has 0 aliphatic heterocycles. The average Bonchev–Trinajstić information content (AvgIpc) is 3.39. The van der Waals surface area contributed by atoms with Gasteiger partial charge in [-0.05, 0) is 30.4 Å². The van der Waals surface area contributed by atoms with E-state index < -0.39 is 11.9 Å². The van der Waals surface area contributed by atoms with Gasteiger partial charge in [0.15, 0.2) is 0 Å². The van der Waals surface area contributed by atoms with E-state index in [1.807, 2.05) is 6.07 Å². The Morgan fingerprint density at radius 2 is 1.91 bits per heavy atom. The van der Waals surface area contributed by atoms with Crippen LogP contribution in [0.1, 0.15) is 24.3 Å². The SMILES string of the molecule is COC(=O)/C=C(/Nc1cc(OC)c(Cl)cc1C1CC1)C(=O)OC. The maximum atomic E-state index is 11.9. The van der Waals surface area contributed by atoms with Crippen LogP contribution in [0.25, 0.3) is 0 Å². The van der Waals surface area contributed by atoms with Gasteiger partial charge < -0.3 is 19.5 Å². The summed E-state index contributed by atoms with van der Waals surface area (Å²) < 4.78 is 14.5. The van der Waals surface area contributed by atoms with Gasteiger partial charge in [0.1, 0.15) is 11.4 Å². The quantitative estimate of drug-likeness (QED) is 0.634. The van der Waals surface area contributed by atoms with Crippen LogP contribution in [0.3, 0.4) is 0 Å². The van der Waals surface area contributed by atoms with E-state index in [0.717, 1.165) is 24.5 Å². The molecule has 124 valence electrons. The number of anilines is 1. The van der Waals surface area contributed by atoms with Gasteiger partial charge >= 0.3 is 11.9 Å². The third-order valence-corrected chi connectivity index (χ3v) is 3.77. The molecule has 1 aromatic carbocycles. The standard InChI is InChI=1S/C16H18ClNO5/c1-21-14-7-12(10(6-11(14)17)9-4-5-9)18-13(16(20)23-3)8-15(19)22-2/h6-9,18H,4-5H2,1-3H3/b13-8+. The van der Waals surface area contributed by atoms with E-state index in [0.29, 0.717) is 22.4 Å². The Hall–Kier alpha value is -2.21. The number of carbonyl (C=O) groups is 2. The molecule has 0 bridgehead atoms. The minimum absolute atomic E-state index is 0.0226. The van der Waals surface area contributed by atoms with E-state index in [-0.39, 0.29) is 5.70 Å². The predicted octanol–water partition coefficient (Wildman–Crippen LogP) is 2.87. The maximum Gasteiger partial charge on any atom is 0.354 e. The summed E-state index contributed by atoms with van der Waals surface area (Å²) in [6.07, 6.45) is 3.14. The van der Waals surface area contributed by atoms with E-state index in [9.17, 15) is 9.59 Å². The van der Waals surface area contributed by atoms with Crippen LogP contribution in [-0.4, -0.2) is 33.3 Å². The van der Waals surface area contributed by atoms with Crippen molar-refractivity contribution in [2.45, 2.75) is 18.8 Å². The Kier molecular flexibility index (Phi) is 5.50. The smallest absolute Gasteiger partial charge is 0.354 e. The fourth-order valence-corrected chi connectivity index (χ4v) is 2.39. The summed E-state index contributed by atoms with van der Waals surface area (Å²) in [6, 6.07) is 3.51. The molecule has 1 aromatic rings. The largest absolute Gasteiger partial charge is 0.495 e. The van der Waals surface area contributed by atoms with Gasteiger partial charge in [-0.2, -0.15) is 0 Å². The van der Waals surface area contributed by atoms with Gasteiger partial charge in [-0.1, -0.05) is 11.6 Å². The van der Waals surface area contributed by atoms with Gasteiger partial charge in [0, 0.05) is 11.8 Å². The summed E-state index contributed by atoms with van der Waals surface area (Å²) in [7, 11) is 3.97. The van der Waals surface area contributed by atoms with Crippen molar-refractivity contribution in [1.82, 2.24) is 0 Å². The first-order valence-electron chi connectivity index (χ1n) is 7.02. The third kappa shape index (κ3) is 4.16. The minimum atomic E-state index is -0.675. The highest BCUT2D eigenvalue weighted by Crippen LogP contribution is 2.46. The lowest BCUT2D eigenvalue weighted by atomic mass is 10.1. The summed E-state index contributed by atoms with van der Waals surface area (Å²) in [4.78, 5) is 23.3. The molecule has 0 heterocycles. The van der Waals surface area contributed by atoms with E-state index in [4.69, 9.17) is 21.1 Å². The van der Waals surface area contributed by atoms with Crippen LogP contribution in [0.2, 0.25) is 5.02 Å². The van der Waals surface area contributed by atoms with Crippen LogP contribution in [0.4, 0.5) is 5.69 Å². The van der Waals surface area contributed by atoms with Crippen molar-refractivity contribution in [2.75, 3.05) is 26.6 Å². The lowest BCUT2D eigenvalue weighted by molar-refractivity contribution is -0.138. The fraction of sp³-hybridized carbons (Fsp3) is 0.375. The van der Waals surface area contributed by atoms with Crippen molar-refractivity contribution < 1.29 is 23.8 Å². The van der Waals surface area contributed by atoms with Crippen molar-refractivity contribution in [2.24, 2.45) is 0 Å². The second-order valence-corrected chi connectivity index (χ2v) is 5.45. The van der Waals surface area contributed by atoms with E-state index in [1.54, 1.807) is 6.07 Å². The molecule has 0 amide bonds. The van der Waals surface area contributed by atoms with Gasteiger partial charge in [0.05, 0.1) is 32.4 Å². The molecule has 1 N–H and O–H groups in total. The molecule has 0 spiro atoms. The lowest BCUT2D eigenvalue weighted by Crippen LogP contribution is -2.16. The van der Waals surface area contributed by atoms with Crippen LogP contribution in [0.5, 0.6) is 5.75 Å². The molecule has 0 unspecified atom stereocenters. The molecule has 23 heavy (non-hydrogen) atoms. The van der Waals surface area contributed by atoms with Gasteiger partial charge in [0.25, 0.3) is 0 Å². The molecule has 7 heteroatoms. The van der Waals surface area contributed by atoms with Crippen molar-refractivity contribution in [3.63, 3.8) is 0 Å². The molecule has 1 aliphatic rings. The second kappa shape index (κ2) is 7.37. The molecule has 0 radical (unpaired) electrons. The number of ether oxygens (including phenoxy) is 3. The Labute approximate surface area is 139 Å². The molecule has 0 saturated heterocycles. The summed E-state index contributed by atoms with van der Waals surface area (Å²) in [5.41, 5.74) is 1.59. The van der Waals surface area contributed by atoms with Crippen molar-refractivity contribution in [3.8, 4) is 5.75 Å². The van der Waals surface area contributed by atoms with E-state index >= 15 is 0 Å². The van der Waals surface area contributed by atoms with E-state index in [2.05, 4.69) is 10.1 Å². The zero-order chi connectivity index (χ0) is 17.0.